The van der Waals surface area contributed by atoms with Gasteiger partial charge in [0.1, 0.15) is 12.2 Å². The number of carbonyl (C=O) groups is 3. The highest BCUT2D eigenvalue weighted by Crippen LogP contribution is 2.26. The van der Waals surface area contributed by atoms with Crippen molar-refractivity contribution in [2.24, 2.45) is 0 Å². The summed E-state index contributed by atoms with van der Waals surface area (Å²) < 4.78 is 14.0. The lowest BCUT2D eigenvalue weighted by atomic mass is 9.91. The van der Waals surface area contributed by atoms with Crippen LogP contribution >= 0.6 is 0 Å². The molecule has 10 heteroatoms. The molecule has 57 heavy (non-hydrogen) atoms. The summed E-state index contributed by atoms with van der Waals surface area (Å²) in [5.74, 6) is -1.22. The SMILES string of the molecule is O=C(Cn1nc(C(=O)NCC(c2ccccc2)c2ccccc2)cc1C(=O)N[C@H]1CCCC[C@@H]1OCc1ccccc1)NC1CCCC[C@@H]1OCc1ccccc1. The standard InChI is InChI=1S/C47H53N5O5/c53-45(49-39-25-13-15-27-43(39)56-32-34-17-5-1-6-18-34)31-52-42(47(55)50-40-26-14-16-28-44(40)57-33-35-19-7-2-8-20-35)29-41(51-52)46(54)48-30-38(36-21-9-3-10-22-36)37-23-11-4-12-24-37/h1-12,17-24,29,38-40,43-44H,13-16,25-28,30-33H2,(H,48,54)(H,49,53)(H,50,55)/t39?,40-,43-,44-/m0/s1. The molecule has 0 radical (unpaired) electrons. The molecule has 0 aliphatic heterocycles. The van der Waals surface area contributed by atoms with Gasteiger partial charge in [-0.2, -0.15) is 5.10 Å². The van der Waals surface area contributed by atoms with Gasteiger partial charge in [0.2, 0.25) is 5.91 Å². The molecule has 2 fully saturated rings. The van der Waals surface area contributed by atoms with Crippen molar-refractivity contribution < 1.29 is 23.9 Å². The van der Waals surface area contributed by atoms with Crippen molar-refractivity contribution in [1.29, 1.82) is 0 Å². The Bertz CT molecular complexity index is 1990. The van der Waals surface area contributed by atoms with Crippen LogP contribution in [0.4, 0.5) is 0 Å². The van der Waals surface area contributed by atoms with Crippen LogP contribution in [-0.2, 0) is 34.0 Å². The van der Waals surface area contributed by atoms with Crippen LogP contribution in [0.2, 0.25) is 0 Å². The van der Waals surface area contributed by atoms with E-state index in [4.69, 9.17) is 9.47 Å². The largest absolute Gasteiger partial charge is 0.371 e. The lowest BCUT2D eigenvalue weighted by molar-refractivity contribution is -0.124. The summed E-state index contributed by atoms with van der Waals surface area (Å²) in [6.07, 6.45) is 6.91. The van der Waals surface area contributed by atoms with Crippen LogP contribution in [0.1, 0.15) is 101 Å². The van der Waals surface area contributed by atoms with E-state index in [0.717, 1.165) is 73.6 Å². The highest BCUT2D eigenvalue weighted by atomic mass is 16.5. The first-order valence-corrected chi connectivity index (χ1v) is 20.4. The number of rotatable bonds is 16. The van der Waals surface area contributed by atoms with E-state index in [2.05, 4.69) is 21.0 Å². The van der Waals surface area contributed by atoms with Crippen LogP contribution in [0.15, 0.2) is 127 Å². The van der Waals surface area contributed by atoms with Gasteiger partial charge in [-0.1, -0.05) is 147 Å². The smallest absolute Gasteiger partial charge is 0.271 e. The van der Waals surface area contributed by atoms with Gasteiger partial charge in [0, 0.05) is 18.5 Å². The Hall–Kier alpha value is -5.58. The lowest BCUT2D eigenvalue weighted by Crippen LogP contribution is -2.48. The molecule has 3 N–H and O–H groups in total. The normalized spacial score (nSPS) is 19.5. The highest BCUT2D eigenvalue weighted by molar-refractivity contribution is 5.98. The van der Waals surface area contributed by atoms with Crippen LogP contribution in [0.3, 0.4) is 0 Å². The van der Waals surface area contributed by atoms with Gasteiger partial charge in [-0.3, -0.25) is 14.4 Å². The highest BCUT2D eigenvalue weighted by Gasteiger charge is 2.31. The molecule has 2 aliphatic rings. The molecule has 4 atom stereocenters. The Morgan fingerprint density at radius 3 is 1.61 bits per heavy atom. The maximum atomic E-state index is 14.2. The summed E-state index contributed by atoms with van der Waals surface area (Å²) in [5.41, 5.74) is 4.49. The van der Waals surface area contributed by atoms with E-state index in [9.17, 15) is 14.4 Å². The van der Waals surface area contributed by atoms with Gasteiger partial charge in [0.25, 0.3) is 11.8 Å². The first-order chi connectivity index (χ1) is 28.0. The van der Waals surface area contributed by atoms with Gasteiger partial charge < -0.3 is 25.4 Å². The minimum absolute atomic E-state index is 0.0649. The van der Waals surface area contributed by atoms with Crippen LogP contribution in [0.25, 0.3) is 0 Å². The van der Waals surface area contributed by atoms with Crippen LogP contribution in [-0.4, -0.2) is 58.3 Å². The second kappa shape index (κ2) is 20.0. The second-order valence-electron chi connectivity index (χ2n) is 15.1. The summed E-state index contributed by atoms with van der Waals surface area (Å²) in [5, 5.41) is 14.0. The molecular weight excluding hydrogens is 715 g/mol. The van der Waals surface area contributed by atoms with Gasteiger partial charge in [-0.05, 0) is 47.9 Å². The molecule has 296 valence electrons. The Morgan fingerprint density at radius 2 is 1.09 bits per heavy atom. The van der Waals surface area contributed by atoms with E-state index in [1.807, 2.05) is 121 Å². The van der Waals surface area contributed by atoms with Crippen molar-refractivity contribution in [3.8, 4) is 0 Å². The predicted octanol–water partition coefficient (Wildman–Crippen LogP) is 7.35. The number of benzene rings is 4. The van der Waals surface area contributed by atoms with Crippen LogP contribution in [0, 0.1) is 0 Å². The van der Waals surface area contributed by atoms with E-state index < -0.39 is 11.8 Å². The molecule has 2 aliphatic carbocycles. The molecule has 3 amide bonds. The van der Waals surface area contributed by atoms with Gasteiger partial charge in [0.15, 0.2) is 5.69 Å². The Labute approximate surface area is 335 Å². The van der Waals surface area contributed by atoms with Gasteiger partial charge in [-0.15, -0.1) is 0 Å². The zero-order chi connectivity index (χ0) is 39.2. The molecule has 7 rings (SSSR count). The molecule has 1 heterocycles. The van der Waals surface area contributed by atoms with E-state index in [-0.39, 0.29) is 54.0 Å². The molecular formula is C47H53N5O5. The Kier molecular flexibility index (Phi) is 13.9. The van der Waals surface area contributed by atoms with Crippen molar-refractivity contribution >= 4 is 17.7 Å². The van der Waals surface area contributed by atoms with Crippen LogP contribution in [0.5, 0.6) is 0 Å². The van der Waals surface area contributed by atoms with Gasteiger partial charge in [-0.25, -0.2) is 4.68 Å². The van der Waals surface area contributed by atoms with Crippen LogP contribution < -0.4 is 16.0 Å². The summed E-state index contributed by atoms with van der Waals surface area (Å²) in [7, 11) is 0. The number of aromatic nitrogens is 2. The van der Waals surface area contributed by atoms with E-state index in [0.29, 0.717) is 19.8 Å². The van der Waals surface area contributed by atoms with Crippen molar-refractivity contribution in [3.63, 3.8) is 0 Å². The van der Waals surface area contributed by atoms with Gasteiger partial charge in [0.05, 0.1) is 37.5 Å². The zero-order valence-electron chi connectivity index (χ0n) is 32.4. The zero-order valence-corrected chi connectivity index (χ0v) is 32.4. The number of amides is 3. The summed E-state index contributed by atoms with van der Waals surface area (Å²) in [6.45, 7) is 1.00. The molecule has 0 spiro atoms. The number of ether oxygens (including phenoxy) is 2. The maximum Gasteiger partial charge on any atom is 0.271 e. The number of hydrogen-bond donors (Lipinski definition) is 3. The molecule has 0 bridgehead atoms. The molecule has 4 aromatic carbocycles. The molecule has 1 unspecified atom stereocenters. The average Bonchev–Trinajstić information content (AvgIpc) is 3.68. The van der Waals surface area contributed by atoms with E-state index in [1.54, 1.807) is 0 Å². The quantitative estimate of drug-likeness (QED) is 0.0966. The molecule has 10 nitrogen and oxygen atoms in total. The number of carbonyl (C=O) groups excluding carboxylic acids is 3. The first kappa shape index (κ1) is 39.6. The number of hydrogen-bond acceptors (Lipinski definition) is 6. The number of nitrogens with zero attached hydrogens (tertiary/aromatic N) is 2. The predicted molar refractivity (Wildman–Crippen MR) is 219 cm³/mol. The van der Waals surface area contributed by atoms with E-state index in [1.165, 1.54) is 10.7 Å². The van der Waals surface area contributed by atoms with Gasteiger partial charge >= 0.3 is 0 Å². The maximum absolute atomic E-state index is 14.2. The molecule has 0 saturated heterocycles. The minimum Gasteiger partial charge on any atom is -0.371 e. The fourth-order valence-corrected chi connectivity index (χ4v) is 8.02. The molecule has 2 saturated carbocycles. The Balaban J connectivity index is 1.07. The lowest BCUT2D eigenvalue weighted by Gasteiger charge is -2.32. The van der Waals surface area contributed by atoms with Crippen molar-refractivity contribution in [2.75, 3.05) is 6.54 Å². The monoisotopic (exact) mass is 767 g/mol. The fraction of sp³-hybridized carbons (Fsp3) is 0.362. The fourth-order valence-electron chi connectivity index (χ4n) is 8.02. The van der Waals surface area contributed by atoms with Crippen molar-refractivity contribution in [2.45, 2.75) is 101 Å². The topological polar surface area (TPSA) is 124 Å². The number of nitrogens with one attached hydrogen (secondary N) is 3. The first-order valence-electron chi connectivity index (χ1n) is 20.4. The molecule has 1 aromatic heterocycles. The summed E-state index contributed by atoms with van der Waals surface area (Å²) >= 11 is 0. The third-order valence-electron chi connectivity index (χ3n) is 11.1. The molecule has 5 aromatic rings. The average molecular weight is 768 g/mol. The summed E-state index contributed by atoms with van der Waals surface area (Å²) in [6, 6.07) is 41.2. The summed E-state index contributed by atoms with van der Waals surface area (Å²) in [4.78, 5) is 41.8. The van der Waals surface area contributed by atoms with Crippen molar-refractivity contribution in [1.82, 2.24) is 25.7 Å². The minimum atomic E-state index is -0.427. The van der Waals surface area contributed by atoms with Crippen molar-refractivity contribution in [3.05, 3.63) is 161 Å². The Morgan fingerprint density at radius 1 is 0.614 bits per heavy atom. The third kappa shape index (κ3) is 11.1. The second-order valence-corrected chi connectivity index (χ2v) is 15.1. The van der Waals surface area contributed by atoms with E-state index >= 15 is 0 Å². The third-order valence-corrected chi connectivity index (χ3v) is 11.1.